The number of hydrogen-bond donors (Lipinski definition) is 1. The van der Waals surface area contributed by atoms with Gasteiger partial charge in [0.2, 0.25) is 0 Å². The Morgan fingerprint density at radius 2 is 2.20 bits per heavy atom. The van der Waals surface area contributed by atoms with Gasteiger partial charge in [-0.2, -0.15) is 10.4 Å². The fourth-order valence-electron chi connectivity index (χ4n) is 2.57. The molecule has 8 heteroatoms. The maximum absolute atomic E-state index is 11.0. The highest BCUT2D eigenvalue weighted by Crippen LogP contribution is 2.33. The Morgan fingerprint density at radius 3 is 2.84 bits per heavy atom. The van der Waals surface area contributed by atoms with Gasteiger partial charge in [-0.3, -0.25) is 10.1 Å². The van der Waals surface area contributed by atoms with Crippen LogP contribution < -0.4 is 10.7 Å². The molecule has 1 aromatic rings. The van der Waals surface area contributed by atoms with Crippen LogP contribution in [0.5, 0.6) is 0 Å². The monoisotopic (exact) mass is 341 g/mol. The fraction of sp³-hybridized carbons (Fsp3) is 0.294. The number of nitro groups is 1. The van der Waals surface area contributed by atoms with E-state index < -0.39 is 10.5 Å². The molecule has 2 aliphatic rings. The zero-order chi connectivity index (χ0) is 17.5. The van der Waals surface area contributed by atoms with Gasteiger partial charge < -0.3 is 10.5 Å². The summed E-state index contributed by atoms with van der Waals surface area (Å²) in [6, 6.07) is 8.02. The van der Waals surface area contributed by atoms with E-state index in [0.717, 1.165) is 0 Å². The van der Waals surface area contributed by atoms with Gasteiger partial charge in [0.05, 0.1) is 28.5 Å². The Balaban J connectivity index is 0.00000225. The molecule has 0 aliphatic carbocycles. The van der Waals surface area contributed by atoms with E-state index in [2.05, 4.69) is 11.2 Å². The lowest BCUT2D eigenvalue weighted by Crippen LogP contribution is -2.39. The third-order valence-electron chi connectivity index (χ3n) is 3.76. The average molecular weight is 341 g/mol. The number of nitrogens with two attached hydrogens (primary N) is 1. The SMILES string of the molecule is C.CC1(C)C=C2C(=NN(c3cccc([N+](=O)[O-])c3)C(N)=C2C#N)CO1. The number of nitrogens with zero attached hydrogens (tertiary/aromatic N) is 4. The van der Waals surface area contributed by atoms with Crippen molar-refractivity contribution in [2.45, 2.75) is 26.9 Å². The van der Waals surface area contributed by atoms with E-state index in [4.69, 9.17) is 10.5 Å². The number of benzene rings is 1. The van der Waals surface area contributed by atoms with Crippen molar-refractivity contribution >= 4 is 17.1 Å². The van der Waals surface area contributed by atoms with Crippen molar-refractivity contribution < 1.29 is 9.66 Å². The summed E-state index contributed by atoms with van der Waals surface area (Å²) in [5.74, 6) is 0.130. The van der Waals surface area contributed by atoms with Gasteiger partial charge in [-0.1, -0.05) is 13.5 Å². The second-order valence-corrected chi connectivity index (χ2v) is 5.96. The van der Waals surface area contributed by atoms with Crippen LogP contribution in [0, 0.1) is 21.4 Å². The van der Waals surface area contributed by atoms with Crippen LogP contribution in [0.15, 0.2) is 52.4 Å². The smallest absolute Gasteiger partial charge is 0.271 e. The Morgan fingerprint density at radius 1 is 1.48 bits per heavy atom. The van der Waals surface area contributed by atoms with E-state index >= 15 is 0 Å². The highest BCUT2D eigenvalue weighted by molar-refractivity contribution is 6.08. The van der Waals surface area contributed by atoms with Gasteiger partial charge in [0.25, 0.3) is 5.69 Å². The standard InChI is InChI=1S/C16H15N5O3.CH4/c1-16(2)7-12-13(8-17)15(18)20(19-14(12)9-24-16)10-4-3-5-11(6-10)21(22)23;/h3-7H,9,18H2,1-2H3;1H4. The van der Waals surface area contributed by atoms with E-state index in [1.807, 2.05) is 19.9 Å². The second-order valence-electron chi connectivity index (χ2n) is 5.96. The summed E-state index contributed by atoms with van der Waals surface area (Å²) < 4.78 is 5.69. The highest BCUT2D eigenvalue weighted by Gasteiger charge is 2.33. The maximum Gasteiger partial charge on any atom is 0.271 e. The molecule has 3 rings (SSSR count). The molecular weight excluding hydrogens is 322 g/mol. The third-order valence-corrected chi connectivity index (χ3v) is 3.76. The molecule has 0 bridgehead atoms. The summed E-state index contributed by atoms with van der Waals surface area (Å²) in [6.45, 7) is 3.99. The first-order valence-electron chi connectivity index (χ1n) is 7.22. The van der Waals surface area contributed by atoms with Crippen molar-refractivity contribution in [1.82, 2.24) is 0 Å². The first kappa shape index (κ1) is 18.2. The second kappa shape index (κ2) is 6.37. The maximum atomic E-state index is 11.0. The summed E-state index contributed by atoms with van der Waals surface area (Å²) in [7, 11) is 0. The number of hydrogen-bond acceptors (Lipinski definition) is 7. The van der Waals surface area contributed by atoms with E-state index in [1.54, 1.807) is 12.1 Å². The largest absolute Gasteiger partial charge is 0.383 e. The van der Waals surface area contributed by atoms with Crippen LogP contribution >= 0.6 is 0 Å². The lowest BCUT2D eigenvalue weighted by Gasteiger charge is -2.34. The van der Waals surface area contributed by atoms with Crippen LogP contribution in [0.3, 0.4) is 0 Å². The molecule has 0 radical (unpaired) electrons. The lowest BCUT2D eigenvalue weighted by atomic mass is 9.92. The van der Waals surface area contributed by atoms with Crippen LogP contribution in [0.1, 0.15) is 21.3 Å². The lowest BCUT2D eigenvalue weighted by molar-refractivity contribution is -0.384. The number of nitriles is 1. The molecule has 2 heterocycles. The van der Waals surface area contributed by atoms with E-state index in [1.165, 1.54) is 17.1 Å². The Labute approximate surface area is 145 Å². The van der Waals surface area contributed by atoms with Gasteiger partial charge in [0, 0.05) is 17.7 Å². The van der Waals surface area contributed by atoms with Crippen molar-refractivity contribution in [3.63, 3.8) is 0 Å². The molecule has 0 spiro atoms. The normalized spacial score (nSPS) is 18.4. The van der Waals surface area contributed by atoms with Crippen LogP contribution in [-0.2, 0) is 4.74 Å². The zero-order valence-electron chi connectivity index (χ0n) is 13.2. The van der Waals surface area contributed by atoms with Crippen LogP contribution in [0.25, 0.3) is 0 Å². The third kappa shape index (κ3) is 3.22. The van der Waals surface area contributed by atoms with Crippen LogP contribution in [0.2, 0.25) is 0 Å². The van der Waals surface area contributed by atoms with Gasteiger partial charge in [0.15, 0.2) is 0 Å². The van der Waals surface area contributed by atoms with Crippen molar-refractivity contribution in [1.29, 1.82) is 5.26 Å². The molecule has 0 aromatic heterocycles. The predicted molar refractivity (Wildman–Crippen MR) is 94.7 cm³/mol. The quantitative estimate of drug-likeness (QED) is 0.653. The summed E-state index contributed by atoms with van der Waals surface area (Å²) in [5.41, 5.74) is 7.40. The Hall–Kier alpha value is -3.18. The molecular formula is C17H19N5O3. The summed E-state index contributed by atoms with van der Waals surface area (Å²) in [6.07, 6.45) is 1.81. The van der Waals surface area contributed by atoms with Crippen LogP contribution in [0.4, 0.5) is 11.4 Å². The van der Waals surface area contributed by atoms with Crippen molar-refractivity contribution in [2.24, 2.45) is 10.8 Å². The van der Waals surface area contributed by atoms with E-state index in [-0.39, 0.29) is 31.1 Å². The van der Waals surface area contributed by atoms with Gasteiger partial charge in [-0.15, -0.1) is 0 Å². The highest BCUT2D eigenvalue weighted by atomic mass is 16.6. The zero-order valence-corrected chi connectivity index (χ0v) is 13.2. The molecule has 0 atom stereocenters. The summed E-state index contributed by atoms with van der Waals surface area (Å²) in [5, 5.41) is 26.2. The molecule has 130 valence electrons. The number of hydrazone groups is 1. The molecule has 0 fully saturated rings. The molecule has 2 N–H and O–H groups in total. The number of allylic oxidation sites excluding steroid dienone is 1. The number of nitro benzene ring substituents is 1. The average Bonchev–Trinajstić information content (AvgIpc) is 2.54. The summed E-state index contributed by atoms with van der Waals surface area (Å²) >= 11 is 0. The van der Waals surface area contributed by atoms with E-state index in [0.29, 0.717) is 17.0 Å². The predicted octanol–water partition coefficient (Wildman–Crippen LogP) is 2.84. The van der Waals surface area contributed by atoms with Gasteiger partial charge in [-0.05, 0) is 26.0 Å². The molecule has 0 saturated heterocycles. The number of ether oxygens (including phenoxy) is 1. The van der Waals surface area contributed by atoms with Gasteiger partial charge in [-0.25, -0.2) is 5.01 Å². The first-order chi connectivity index (χ1) is 11.3. The minimum Gasteiger partial charge on any atom is -0.383 e. The van der Waals surface area contributed by atoms with Crippen LogP contribution in [-0.4, -0.2) is 22.8 Å². The summed E-state index contributed by atoms with van der Waals surface area (Å²) in [4.78, 5) is 10.5. The first-order valence-corrected chi connectivity index (χ1v) is 7.22. The molecule has 8 nitrogen and oxygen atoms in total. The van der Waals surface area contributed by atoms with Crippen molar-refractivity contribution in [3.05, 3.63) is 57.4 Å². The van der Waals surface area contributed by atoms with E-state index in [9.17, 15) is 15.4 Å². The minimum absolute atomic E-state index is 0. The molecule has 0 saturated carbocycles. The molecule has 25 heavy (non-hydrogen) atoms. The Bertz CT molecular complexity index is 861. The van der Waals surface area contributed by atoms with Gasteiger partial charge >= 0.3 is 0 Å². The Kier molecular flexibility index (Phi) is 4.63. The van der Waals surface area contributed by atoms with Crippen molar-refractivity contribution in [3.8, 4) is 6.07 Å². The minimum atomic E-state index is -0.523. The molecule has 0 amide bonds. The van der Waals surface area contributed by atoms with Crippen molar-refractivity contribution in [2.75, 3.05) is 11.6 Å². The number of fused-ring (bicyclic) bond motifs is 1. The number of anilines is 1. The number of non-ortho nitro benzene ring substituents is 1. The topological polar surface area (TPSA) is 118 Å². The van der Waals surface area contributed by atoms with Gasteiger partial charge in [0.1, 0.15) is 17.5 Å². The number of rotatable bonds is 2. The molecule has 1 aromatic carbocycles. The fourth-order valence-corrected chi connectivity index (χ4v) is 2.57. The molecule has 0 unspecified atom stereocenters. The molecule has 2 aliphatic heterocycles.